The summed E-state index contributed by atoms with van der Waals surface area (Å²) in [6.07, 6.45) is 3.47. The smallest absolute Gasteiger partial charge is 0.262 e. The Kier molecular flexibility index (Phi) is 6.40. The third-order valence-electron chi connectivity index (χ3n) is 6.15. The fourth-order valence-electron chi connectivity index (χ4n) is 4.55. The van der Waals surface area contributed by atoms with Gasteiger partial charge in [-0.2, -0.15) is 0 Å². The molecule has 5 rings (SSSR count). The zero-order valence-electron chi connectivity index (χ0n) is 18.5. The van der Waals surface area contributed by atoms with Crippen molar-refractivity contribution >= 4 is 37.2 Å². The first-order valence-electron chi connectivity index (χ1n) is 11.2. The maximum Gasteiger partial charge on any atom is 0.264 e. The number of benzene rings is 4. The maximum atomic E-state index is 13.8. The average Bonchev–Trinajstić information content (AvgIpc) is 3.25. The van der Waals surface area contributed by atoms with E-state index in [1.807, 2.05) is 60.7 Å². The van der Waals surface area contributed by atoms with Crippen LogP contribution in [-0.2, 0) is 16.4 Å². The molecule has 0 aliphatic carbocycles. The second-order valence-corrected chi connectivity index (χ2v) is 11.1. The van der Waals surface area contributed by atoms with Crippen LogP contribution in [0.25, 0.3) is 5.57 Å². The summed E-state index contributed by atoms with van der Waals surface area (Å²) in [5.41, 5.74) is 5.17. The maximum absolute atomic E-state index is 13.8. The Morgan fingerprint density at radius 1 is 0.794 bits per heavy atom. The quantitative estimate of drug-likeness (QED) is 0.267. The Morgan fingerprint density at radius 2 is 1.35 bits per heavy atom. The van der Waals surface area contributed by atoms with E-state index in [-0.39, 0.29) is 6.04 Å². The number of anilines is 1. The van der Waals surface area contributed by atoms with E-state index in [1.54, 1.807) is 28.6 Å². The molecule has 3 nitrogen and oxygen atoms in total. The molecule has 34 heavy (non-hydrogen) atoms. The lowest BCUT2D eigenvalue weighted by Crippen LogP contribution is -2.37. The van der Waals surface area contributed by atoms with Crippen LogP contribution >= 0.6 is 15.9 Å². The number of sulfonamides is 1. The van der Waals surface area contributed by atoms with Crippen molar-refractivity contribution in [2.24, 2.45) is 0 Å². The minimum atomic E-state index is -3.71. The van der Waals surface area contributed by atoms with E-state index < -0.39 is 10.0 Å². The standard InChI is InChI=1S/C29H24BrNO2S/c30-25-15-18-27(19-16-25)34(32,33)31-26(21-24-13-7-8-14-29(24)31)17-20-28(22-9-3-1-4-10-22)23-11-5-2-6-12-23/h1-16,18-20,26H,17,21H2/t26-/m0/s1. The molecule has 1 atom stereocenters. The number of para-hydroxylation sites is 1. The first kappa shape index (κ1) is 22.6. The predicted molar refractivity (Wildman–Crippen MR) is 142 cm³/mol. The van der Waals surface area contributed by atoms with Gasteiger partial charge in [0.2, 0.25) is 0 Å². The molecule has 0 unspecified atom stereocenters. The highest BCUT2D eigenvalue weighted by Crippen LogP contribution is 2.39. The van der Waals surface area contributed by atoms with Crippen LogP contribution in [0, 0.1) is 0 Å². The number of rotatable bonds is 6. The van der Waals surface area contributed by atoms with Gasteiger partial charge in [-0.3, -0.25) is 4.31 Å². The molecule has 0 saturated carbocycles. The summed E-state index contributed by atoms with van der Waals surface area (Å²) in [6.45, 7) is 0. The molecule has 4 aromatic carbocycles. The number of hydrogen-bond donors (Lipinski definition) is 0. The van der Waals surface area contributed by atoms with Gasteiger partial charge in [0.05, 0.1) is 16.6 Å². The number of hydrogen-bond acceptors (Lipinski definition) is 2. The van der Waals surface area contributed by atoms with E-state index >= 15 is 0 Å². The van der Waals surface area contributed by atoms with Crippen molar-refractivity contribution in [1.29, 1.82) is 0 Å². The molecule has 0 amide bonds. The van der Waals surface area contributed by atoms with Crippen LogP contribution in [0.2, 0.25) is 0 Å². The van der Waals surface area contributed by atoms with Crippen LogP contribution in [0.15, 0.2) is 125 Å². The minimum Gasteiger partial charge on any atom is -0.262 e. The molecule has 0 saturated heterocycles. The molecule has 4 aromatic rings. The molecular weight excluding hydrogens is 506 g/mol. The van der Waals surface area contributed by atoms with Gasteiger partial charge in [-0.25, -0.2) is 8.42 Å². The van der Waals surface area contributed by atoms with Gasteiger partial charge in [0.25, 0.3) is 10.0 Å². The van der Waals surface area contributed by atoms with Crippen LogP contribution in [0.3, 0.4) is 0 Å². The summed E-state index contributed by atoms with van der Waals surface area (Å²) >= 11 is 3.40. The van der Waals surface area contributed by atoms with Crippen LogP contribution in [0.4, 0.5) is 5.69 Å². The van der Waals surface area contributed by atoms with E-state index in [4.69, 9.17) is 0 Å². The molecule has 0 bridgehead atoms. The van der Waals surface area contributed by atoms with Crippen molar-refractivity contribution in [1.82, 2.24) is 0 Å². The minimum absolute atomic E-state index is 0.200. The third kappa shape index (κ3) is 4.46. The molecule has 0 radical (unpaired) electrons. The summed E-state index contributed by atoms with van der Waals surface area (Å²) in [5.74, 6) is 0. The Hall–Kier alpha value is -3.15. The van der Waals surface area contributed by atoms with Crippen molar-refractivity contribution < 1.29 is 8.42 Å². The van der Waals surface area contributed by atoms with Gasteiger partial charge in [0, 0.05) is 4.47 Å². The van der Waals surface area contributed by atoms with E-state index in [0.29, 0.717) is 17.7 Å². The zero-order valence-corrected chi connectivity index (χ0v) is 20.9. The molecular formula is C29H24BrNO2S. The van der Waals surface area contributed by atoms with Crippen molar-refractivity contribution in [3.05, 3.63) is 136 Å². The van der Waals surface area contributed by atoms with Crippen molar-refractivity contribution in [3.63, 3.8) is 0 Å². The molecule has 0 N–H and O–H groups in total. The molecule has 170 valence electrons. The molecule has 0 fully saturated rings. The molecule has 0 aromatic heterocycles. The number of fused-ring (bicyclic) bond motifs is 1. The molecule has 1 aliphatic heterocycles. The van der Waals surface area contributed by atoms with Crippen LogP contribution in [0.1, 0.15) is 23.1 Å². The fourth-order valence-corrected chi connectivity index (χ4v) is 6.51. The van der Waals surface area contributed by atoms with Gasteiger partial charge in [-0.1, -0.05) is 101 Å². The lowest BCUT2D eigenvalue weighted by atomic mass is 9.95. The van der Waals surface area contributed by atoms with E-state index in [1.165, 1.54) is 0 Å². The lowest BCUT2D eigenvalue weighted by molar-refractivity contribution is 0.579. The first-order chi connectivity index (χ1) is 16.5. The summed E-state index contributed by atoms with van der Waals surface area (Å²) in [4.78, 5) is 0.299. The molecule has 5 heteroatoms. The Bertz CT molecular complexity index is 1370. The van der Waals surface area contributed by atoms with Crippen molar-refractivity contribution in [3.8, 4) is 0 Å². The topological polar surface area (TPSA) is 37.4 Å². The average molecular weight is 530 g/mol. The summed E-state index contributed by atoms with van der Waals surface area (Å²) in [7, 11) is -3.71. The fraction of sp³-hybridized carbons (Fsp3) is 0.103. The first-order valence-corrected chi connectivity index (χ1v) is 13.5. The van der Waals surface area contributed by atoms with Crippen LogP contribution in [-0.4, -0.2) is 14.5 Å². The second-order valence-electron chi connectivity index (χ2n) is 8.33. The lowest BCUT2D eigenvalue weighted by Gasteiger charge is -2.27. The van der Waals surface area contributed by atoms with E-state index in [0.717, 1.165) is 32.4 Å². The SMILES string of the molecule is O=S(=O)(c1ccc(Br)cc1)N1c2ccccc2C[C@@H]1CC=C(c1ccccc1)c1ccccc1. The summed E-state index contributed by atoms with van der Waals surface area (Å²) in [6, 6.07) is 35.0. The van der Waals surface area contributed by atoms with Crippen LogP contribution in [0.5, 0.6) is 0 Å². The van der Waals surface area contributed by atoms with Gasteiger partial charge < -0.3 is 0 Å². The number of halogens is 1. The summed E-state index contributed by atoms with van der Waals surface area (Å²) in [5, 5.41) is 0. The number of nitrogens with zero attached hydrogens (tertiary/aromatic N) is 1. The van der Waals surface area contributed by atoms with E-state index in [2.05, 4.69) is 46.3 Å². The third-order valence-corrected chi connectivity index (χ3v) is 8.56. The van der Waals surface area contributed by atoms with E-state index in [9.17, 15) is 8.42 Å². The van der Waals surface area contributed by atoms with Crippen molar-refractivity contribution in [2.75, 3.05) is 4.31 Å². The predicted octanol–water partition coefficient (Wildman–Crippen LogP) is 7.09. The Labute approximate surface area is 209 Å². The van der Waals surface area contributed by atoms with Gasteiger partial charge >= 0.3 is 0 Å². The molecule has 0 spiro atoms. The Morgan fingerprint density at radius 3 is 1.97 bits per heavy atom. The monoisotopic (exact) mass is 529 g/mol. The highest BCUT2D eigenvalue weighted by atomic mass is 79.9. The van der Waals surface area contributed by atoms with Gasteiger partial charge in [0.1, 0.15) is 0 Å². The highest BCUT2D eigenvalue weighted by molar-refractivity contribution is 9.10. The second kappa shape index (κ2) is 9.61. The Balaban J connectivity index is 1.55. The highest BCUT2D eigenvalue weighted by Gasteiger charge is 2.37. The zero-order chi connectivity index (χ0) is 23.5. The van der Waals surface area contributed by atoms with Gasteiger partial charge in [0.15, 0.2) is 0 Å². The van der Waals surface area contributed by atoms with Crippen LogP contribution < -0.4 is 4.31 Å². The molecule has 1 heterocycles. The largest absolute Gasteiger partial charge is 0.264 e. The van der Waals surface area contributed by atoms with Gasteiger partial charge in [-0.15, -0.1) is 0 Å². The summed E-state index contributed by atoms with van der Waals surface area (Å²) < 4.78 is 30.1. The normalized spacial score (nSPS) is 15.1. The molecule has 1 aliphatic rings. The van der Waals surface area contributed by atoms with Crippen molar-refractivity contribution in [2.45, 2.75) is 23.8 Å². The van der Waals surface area contributed by atoms with Gasteiger partial charge in [-0.05, 0) is 65.4 Å².